The number of nitrogens with two attached hydrogens (primary N) is 1. The number of nitrogens with zero attached hydrogens (tertiary/aromatic N) is 2. The molecule has 1 aromatic carbocycles. The minimum Gasteiger partial charge on any atom is -0.345 e. The van der Waals surface area contributed by atoms with Crippen LogP contribution in [0.4, 0.5) is 0 Å². The molecule has 5 heteroatoms. The van der Waals surface area contributed by atoms with E-state index in [1.807, 2.05) is 29.2 Å². The second-order valence-corrected chi connectivity index (χ2v) is 6.55. The summed E-state index contributed by atoms with van der Waals surface area (Å²) in [5.41, 5.74) is 9.02. The molecule has 1 aliphatic heterocycles. The van der Waals surface area contributed by atoms with Crippen molar-refractivity contribution < 1.29 is 4.79 Å². The summed E-state index contributed by atoms with van der Waals surface area (Å²) < 4.78 is 0. The highest BCUT2D eigenvalue weighted by molar-refractivity contribution is 5.95. The number of rotatable bonds is 2. The largest absolute Gasteiger partial charge is 0.345 e. The van der Waals surface area contributed by atoms with Crippen LogP contribution in [0.25, 0.3) is 11.3 Å². The molecule has 2 unspecified atom stereocenters. The van der Waals surface area contributed by atoms with Gasteiger partial charge >= 0.3 is 0 Å². The number of carbonyl (C=O) groups is 1. The van der Waals surface area contributed by atoms with Gasteiger partial charge in [0.15, 0.2) is 0 Å². The smallest absolute Gasteiger partial charge is 0.253 e. The second-order valence-electron chi connectivity index (χ2n) is 6.55. The number of nitrogens with one attached hydrogen (secondary N) is 1. The molecule has 22 heavy (non-hydrogen) atoms. The Bertz CT molecular complexity index is 679. The van der Waals surface area contributed by atoms with Gasteiger partial charge in [0.25, 0.3) is 5.91 Å². The van der Waals surface area contributed by atoms with Crippen molar-refractivity contribution in [1.82, 2.24) is 14.9 Å². The lowest BCUT2D eigenvalue weighted by Crippen LogP contribution is -2.44. The van der Waals surface area contributed by atoms with Crippen molar-refractivity contribution in [3.63, 3.8) is 0 Å². The second kappa shape index (κ2) is 4.95. The quantitative estimate of drug-likeness (QED) is 0.890. The van der Waals surface area contributed by atoms with Crippen LogP contribution in [0.1, 0.15) is 29.6 Å². The van der Waals surface area contributed by atoms with E-state index in [-0.39, 0.29) is 11.4 Å². The topological polar surface area (TPSA) is 75.0 Å². The van der Waals surface area contributed by atoms with Crippen LogP contribution in [0, 0.1) is 5.92 Å². The first-order valence-electron chi connectivity index (χ1n) is 7.83. The lowest BCUT2D eigenvalue weighted by atomic mass is 9.92. The van der Waals surface area contributed by atoms with Gasteiger partial charge in [0.2, 0.25) is 0 Å². The summed E-state index contributed by atoms with van der Waals surface area (Å²) in [4.78, 5) is 21.7. The maximum absolute atomic E-state index is 12.7. The van der Waals surface area contributed by atoms with Crippen LogP contribution in [0.5, 0.6) is 0 Å². The summed E-state index contributed by atoms with van der Waals surface area (Å²) in [5, 5.41) is 0. The van der Waals surface area contributed by atoms with Gasteiger partial charge in [0, 0.05) is 24.2 Å². The van der Waals surface area contributed by atoms with Gasteiger partial charge in [0.1, 0.15) is 0 Å². The summed E-state index contributed by atoms with van der Waals surface area (Å²) in [5.74, 6) is 0.566. The van der Waals surface area contributed by atoms with E-state index in [1.165, 1.54) is 6.42 Å². The van der Waals surface area contributed by atoms with Crippen LogP contribution in [-0.2, 0) is 0 Å². The first kappa shape index (κ1) is 13.5. The summed E-state index contributed by atoms with van der Waals surface area (Å²) >= 11 is 0. The lowest BCUT2D eigenvalue weighted by molar-refractivity contribution is 0.0778. The molecule has 3 N–H and O–H groups in total. The van der Waals surface area contributed by atoms with E-state index in [1.54, 1.807) is 12.5 Å². The molecule has 2 aromatic rings. The van der Waals surface area contributed by atoms with Gasteiger partial charge in [-0.15, -0.1) is 0 Å². The van der Waals surface area contributed by atoms with Gasteiger partial charge in [-0.1, -0.05) is 18.6 Å². The van der Waals surface area contributed by atoms with E-state index in [0.29, 0.717) is 12.5 Å². The van der Waals surface area contributed by atoms with E-state index in [0.717, 1.165) is 36.2 Å². The molecule has 1 saturated heterocycles. The van der Waals surface area contributed by atoms with Gasteiger partial charge in [-0.25, -0.2) is 4.98 Å². The van der Waals surface area contributed by atoms with Crippen LogP contribution in [0.2, 0.25) is 0 Å². The number of aromatic nitrogens is 2. The number of imidazole rings is 1. The molecule has 1 aliphatic carbocycles. The zero-order chi connectivity index (χ0) is 15.2. The van der Waals surface area contributed by atoms with Crippen LogP contribution in [0.3, 0.4) is 0 Å². The summed E-state index contributed by atoms with van der Waals surface area (Å²) in [6.07, 6.45) is 6.82. The van der Waals surface area contributed by atoms with Crippen LogP contribution >= 0.6 is 0 Å². The summed E-state index contributed by atoms with van der Waals surface area (Å²) in [6.45, 7) is 1.50. The molecule has 2 atom stereocenters. The third-order valence-corrected chi connectivity index (χ3v) is 5.16. The van der Waals surface area contributed by atoms with E-state index >= 15 is 0 Å². The number of likely N-dealkylation sites (tertiary alicyclic amines) is 1. The Morgan fingerprint density at radius 2 is 2.18 bits per heavy atom. The molecular weight excluding hydrogens is 276 g/mol. The first-order chi connectivity index (χ1) is 10.7. The zero-order valence-electron chi connectivity index (χ0n) is 12.5. The maximum Gasteiger partial charge on any atom is 0.253 e. The Morgan fingerprint density at radius 3 is 2.86 bits per heavy atom. The Balaban J connectivity index is 1.52. The molecule has 2 heterocycles. The fourth-order valence-corrected chi connectivity index (χ4v) is 3.88. The molecular formula is C17H20N4O. The van der Waals surface area contributed by atoms with Crippen molar-refractivity contribution in [2.24, 2.45) is 11.7 Å². The van der Waals surface area contributed by atoms with Gasteiger partial charge < -0.3 is 15.6 Å². The fourth-order valence-electron chi connectivity index (χ4n) is 3.88. The average Bonchev–Trinajstić information content (AvgIpc) is 3.21. The Hall–Kier alpha value is -2.14. The molecule has 1 amide bonds. The van der Waals surface area contributed by atoms with Crippen LogP contribution < -0.4 is 5.73 Å². The molecule has 2 aliphatic rings. The predicted octanol–water partition coefficient (Wildman–Crippen LogP) is 2.03. The van der Waals surface area contributed by atoms with E-state index in [9.17, 15) is 4.79 Å². The summed E-state index contributed by atoms with van der Waals surface area (Å²) in [7, 11) is 0. The van der Waals surface area contributed by atoms with Crippen molar-refractivity contribution in [2.75, 3.05) is 13.1 Å². The molecule has 4 rings (SSSR count). The van der Waals surface area contributed by atoms with Crippen molar-refractivity contribution in [3.05, 3.63) is 42.4 Å². The third-order valence-electron chi connectivity index (χ3n) is 5.16. The minimum atomic E-state index is -0.147. The van der Waals surface area contributed by atoms with Crippen molar-refractivity contribution in [1.29, 1.82) is 0 Å². The molecule has 0 bridgehead atoms. The van der Waals surface area contributed by atoms with E-state index < -0.39 is 0 Å². The number of carbonyl (C=O) groups excluding carboxylic acids is 1. The van der Waals surface area contributed by atoms with E-state index in [2.05, 4.69) is 9.97 Å². The molecule has 5 nitrogen and oxygen atoms in total. The highest BCUT2D eigenvalue weighted by Crippen LogP contribution is 2.40. The number of aromatic amines is 1. The first-order valence-corrected chi connectivity index (χ1v) is 7.83. The van der Waals surface area contributed by atoms with Gasteiger partial charge in [0.05, 0.1) is 18.2 Å². The Kier molecular flexibility index (Phi) is 3.04. The average molecular weight is 296 g/mol. The highest BCUT2D eigenvalue weighted by Gasteiger charge is 2.47. The standard InChI is InChI=1S/C17H20N4O/c18-17-7-1-2-14(17)9-21(10-17)16(22)13-5-3-12(4-6-13)15-8-19-11-20-15/h3-6,8,11,14H,1-2,7,9-10,18H2,(H,19,20). The molecule has 0 spiro atoms. The van der Waals surface area contributed by atoms with Gasteiger partial charge in [-0.3, -0.25) is 4.79 Å². The SMILES string of the molecule is NC12CCCC1CN(C(=O)c1ccc(-c3cnc[nH]3)cc1)C2. The minimum absolute atomic E-state index is 0.0929. The Labute approximate surface area is 129 Å². The number of benzene rings is 1. The summed E-state index contributed by atoms with van der Waals surface area (Å²) in [6, 6.07) is 7.68. The van der Waals surface area contributed by atoms with Crippen LogP contribution in [-0.4, -0.2) is 39.4 Å². The predicted molar refractivity (Wildman–Crippen MR) is 84.2 cm³/mol. The van der Waals surface area contributed by atoms with E-state index in [4.69, 9.17) is 5.73 Å². The Morgan fingerprint density at radius 1 is 1.36 bits per heavy atom. The maximum atomic E-state index is 12.7. The molecule has 2 fully saturated rings. The molecule has 0 radical (unpaired) electrons. The number of hydrogen-bond donors (Lipinski definition) is 2. The van der Waals surface area contributed by atoms with Crippen molar-refractivity contribution in [2.45, 2.75) is 24.8 Å². The number of fused-ring (bicyclic) bond motifs is 1. The van der Waals surface area contributed by atoms with Crippen molar-refractivity contribution in [3.8, 4) is 11.3 Å². The van der Waals surface area contributed by atoms with Gasteiger partial charge in [-0.05, 0) is 36.5 Å². The lowest BCUT2D eigenvalue weighted by Gasteiger charge is -2.23. The number of hydrogen-bond acceptors (Lipinski definition) is 3. The monoisotopic (exact) mass is 296 g/mol. The number of H-pyrrole nitrogens is 1. The fraction of sp³-hybridized carbons (Fsp3) is 0.412. The van der Waals surface area contributed by atoms with Crippen LogP contribution in [0.15, 0.2) is 36.8 Å². The highest BCUT2D eigenvalue weighted by atomic mass is 16.2. The normalized spacial score (nSPS) is 27.1. The third kappa shape index (κ3) is 2.13. The molecule has 1 saturated carbocycles. The zero-order valence-corrected chi connectivity index (χ0v) is 12.5. The van der Waals surface area contributed by atoms with Gasteiger partial charge in [-0.2, -0.15) is 0 Å². The van der Waals surface area contributed by atoms with Crippen molar-refractivity contribution >= 4 is 5.91 Å². The number of amides is 1. The molecule has 1 aromatic heterocycles. The molecule has 114 valence electrons.